The summed E-state index contributed by atoms with van der Waals surface area (Å²) in [5, 5.41) is 7.58. The van der Waals surface area contributed by atoms with Crippen LogP contribution in [0.2, 0.25) is 0 Å². The Hall–Kier alpha value is -3.38. The van der Waals surface area contributed by atoms with Crippen molar-refractivity contribution in [2.45, 2.75) is 36.5 Å². The molecule has 32 heavy (non-hydrogen) atoms. The average molecular weight is 441 g/mol. The predicted molar refractivity (Wildman–Crippen MR) is 131 cm³/mol. The van der Waals surface area contributed by atoms with Crippen molar-refractivity contribution < 1.29 is 4.79 Å². The van der Waals surface area contributed by atoms with Gasteiger partial charge < -0.3 is 10.6 Å². The van der Waals surface area contributed by atoms with Gasteiger partial charge in [-0.25, -0.2) is 9.97 Å². The second kappa shape index (κ2) is 8.63. The van der Waals surface area contributed by atoms with Crippen LogP contribution in [0.4, 0.5) is 17.1 Å². The third-order valence-corrected chi connectivity index (χ3v) is 6.53. The number of carbonyl (C=O) groups is 1. The fourth-order valence-corrected chi connectivity index (χ4v) is 4.41. The fourth-order valence-electron chi connectivity index (χ4n) is 3.53. The second-order valence-electron chi connectivity index (χ2n) is 8.20. The Morgan fingerprint density at radius 3 is 2.56 bits per heavy atom. The molecule has 0 unspecified atom stereocenters. The molecule has 1 aliphatic rings. The van der Waals surface area contributed by atoms with Gasteiger partial charge in [0.1, 0.15) is 0 Å². The summed E-state index contributed by atoms with van der Waals surface area (Å²) in [6.07, 6.45) is 3.80. The van der Waals surface area contributed by atoms with Gasteiger partial charge in [-0.05, 0) is 86.8 Å². The molecule has 0 saturated heterocycles. The van der Waals surface area contributed by atoms with Gasteiger partial charge in [0.25, 0.3) is 0 Å². The number of hydrogen-bond acceptors (Lipinski definition) is 5. The zero-order chi connectivity index (χ0) is 22.1. The molecule has 0 spiro atoms. The number of aryl methyl sites for hydroxylation is 2. The fraction of sp³-hybridized carbons (Fsp3) is 0.192. The first-order chi connectivity index (χ1) is 15.5. The first kappa shape index (κ1) is 20.5. The zero-order valence-corrected chi connectivity index (χ0v) is 18.9. The van der Waals surface area contributed by atoms with Gasteiger partial charge in [0.05, 0.1) is 11.4 Å². The molecule has 1 fully saturated rings. The van der Waals surface area contributed by atoms with Crippen molar-refractivity contribution in [1.29, 1.82) is 0 Å². The Labute approximate surface area is 191 Å². The summed E-state index contributed by atoms with van der Waals surface area (Å²) in [4.78, 5) is 23.2. The standard InChI is InChI=1S/C26H24N4OS/c1-16-3-12-24(32-20-9-7-19(8-10-20)29-26(31)18-5-6-18)23(15-16)30-22-13-14-27-25-21(22)11-4-17(2)28-25/h3-4,7-15,18H,5-6H2,1-2H3,(H,29,31)(H,27,28,30). The van der Waals surface area contributed by atoms with Crippen LogP contribution in [-0.2, 0) is 4.79 Å². The van der Waals surface area contributed by atoms with E-state index in [4.69, 9.17) is 0 Å². The Morgan fingerprint density at radius 1 is 0.969 bits per heavy atom. The molecule has 0 atom stereocenters. The third-order valence-electron chi connectivity index (χ3n) is 5.44. The van der Waals surface area contributed by atoms with E-state index in [2.05, 4.69) is 51.8 Å². The zero-order valence-electron chi connectivity index (χ0n) is 18.1. The van der Waals surface area contributed by atoms with Crippen LogP contribution in [0.15, 0.2) is 76.7 Å². The van der Waals surface area contributed by atoms with Crippen molar-refractivity contribution in [3.8, 4) is 0 Å². The first-order valence-corrected chi connectivity index (χ1v) is 11.6. The SMILES string of the molecule is Cc1ccc(Sc2ccc(NC(=O)C3CC3)cc2)c(Nc2ccnc3nc(C)ccc23)c1. The molecular formula is C26H24N4OS. The molecule has 2 N–H and O–H groups in total. The Morgan fingerprint density at radius 2 is 1.78 bits per heavy atom. The number of amides is 1. The minimum atomic E-state index is 0.129. The van der Waals surface area contributed by atoms with Crippen LogP contribution >= 0.6 is 11.8 Å². The molecule has 4 aromatic rings. The van der Waals surface area contributed by atoms with Crippen molar-refractivity contribution in [3.05, 3.63) is 78.1 Å². The number of benzene rings is 2. The molecule has 2 aromatic carbocycles. The maximum atomic E-state index is 12.0. The highest BCUT2D eigenvalue weighted by Crippen LogP contribution is 2.37. The highest BCUT2D eigenvalue weighted by Gasteiger charge is 2.29. The minimum absolute atomic E-state index is 0.129. The minimum Gasteiger partial charge on any atom is -0.354 e. The lowest BCUT2D eigenvalue weighted by Crippen LogP contribution is -2.12. The largest absolute Gasteiger partial charge is 0.354 e. The van der Waals surface area contributed by atoms with Gasteiger partial charge in [-0.1, -0.05) is 17.8 Å². The van der Waals surface area contributed by atoms with E-state index in [-0.39, 0.29) is 11.8 Å². The summed E-state index contributed by atoms with van der Waals surface area (Å²) < 4.78 is 0. The number of rotatable bonds is 6. The highest BCUT2D eigenvalue weighted by molar-refractivity contribution is 7.99. The van der Waals surface area contributed by atoms with E-state index in [0.29, 0.717) is 0 Å². The molecule has 0 aliphatic heterocycles. The van der Waals surface area contributed by atoms with Crippen LogP contribution in [0.1, 0.15) is 24.1 Å². The first-order valence-electron chi connectivity index (χ1n) is 10.7. The monoisotopic (exact) mass is 440 g/mol. The number of aromatic nitrogens is 2. The van der Waals surface area contributed by atoms with E-state index in [1.165, 1.54) is 5.56 Å². The lowest BCUT2D eigenvalue weighted by atomic mass is 10.2. The molecular weight excluding hydrogens is 416 g/mol. The number of fused-ring (bicyclic) bond motifs is 1. The molecule has 5 nitrogen and oxygen atoms in total. The lowest BCUT2D eigenvalue weighted by Gasteiger charge is -2.15. The molecule has 5 rings (SSSR count). The Balaban J connectivity index is 1.39. The van der Waals surface area contributed by atoms with Gasteiger partial charge in [-0.2, -0.15) is 0 Å². The van der Waals surface area contributed by atoms with Gasteiger partial charge in [-0.15, -0.1) is 0 Å². The second-order valence-corrected chi connectivity index (χ2v) is 9.31. The van der Waals surface area contributed by atoms with Crippen LogP contribution in [0, 0.1) is 19.8 Å². The van der Waals surface area contributed by atoms with Crippen LogP contribution < -0.4 is 10.6 Å². The number of nitrogens with zero attached hydrogens (tertiary/aromatic N) is 2. The van der Waals surface area contributed by atoms with E-state index < -0.39 is 0 Å². The summed E-state index contributed by atoms with van der Waals surface area (Å²) in [5.41, 5.74) is 5.73. The van der Waals surface area contributed by atoms with Crippen LogP contribution in [0.3, 0.4) is 0 Å². The van der Waals surface area contributed by atoms with E-state index in [1.54, 1.807) is 18.0 Å². The average Bonchev–Trinajstić information content (AvgIpc) is 3.62. The van der Waals surface area contributed by atoms with E-state index >= 15 is 0 Å². The Kier molecular flexibility index (Phi) is 5.53. The van der Waals surface area contributed by atoms with Crippen LogP contribution in [0.25, 0.3) is 11.0 Å². The molecule has 1 saturated carbocycles. The van der Waals surface area contributed by atoms with Gasteiger partial charge >= 0.3 is 0 Å². The maximum Gasteiger partial charge on any atom is 0.227 e. The molecule has 1 amide bonds. The number of nitrogens with one attached hydrogen (secondary N) is 2. The van der Waals surface area contributed by atoms with E-state index in [9.17, 15) is 4.79 Å². The third kappa shape index (κ3) is 4.60. The van der Waals surface area contributed by atoms with Crippen molar-refractivity contribution in [1.82, 2.24) is 9.97 Å². The molecule has 160 valence electrons. The molecule has 1 aliphatic carbocycles. The summed E-state index contributed by atoms with van der Waals surface area (Å²) in [5.74, 6) is 0.332. The summed E-state index contributed by atoms with van der Waals surface area (Å²) in [7, 11) is 0. The van der Waals surface area contributed by atoms with E-state index in [1.807, 2.05) is 43.3 Å². The smallest absolute Gasteiger partial charge is 0.227 e. The van der Waals surface area contributed by atoms with Gasteiger partial charge in [0.2, 0.25) is 5.91 Å². The Bertz CT molecular complexity index is 1300. The van der Waals surface area contributed by atoms with E-state index in [0.717, 1.165) is 56.4 Å². The quantitative estimate of drug-likeness (QED) is 0.359. The summed E-state index contributed by atoms with van der Waals surface area (Å²) in [6.45, 7) is 4.06. The number of carbonyl (C=O) groups excluding carboxylic acids is 1. The lowest BCUT2D eigenvalue weighted by molar-refractivity contribution is -0.117. The van der Waals surface area contributed by atoms with Gasteiger partial charge in [-0.3, -0.25) is 4.79 Å². The highest BCUT2D eigenvalue weighted by atomic mass is 32.2. The van der Waals surface area contributed by atoms with Crippen molar-refractivity contribution >= 4 is 45.8 Å². The predicted octanol–water partition coefficient (Wildman–Crippen LogP) is 6.49. The topological polar surface area (TPSA) is 66.9 Å². The summed E-state index contributed by atoms with van der Waals surface area (Å²) in [6, 6.07) is 20.5. The molecule has 2 heterocycles. The number of anilines is 3. The van der Waals surface area contributed by atoms with Crippen molar-refractivity contribution in [3.63, 3.8) is 0 Å². The maximum absolute atomic E-state index is 12.0. The number of hydrogen-bond donors (Lipinski definition) is 2. The van der Waals surface area contributed by atoms with Crippen molar-refractivity contribution in [2.75, 3.05) is 10.6 Å². The molecule has 0 radical (unpaired) electrons. The van der Waals surface area contributed by atoms with Gasteiger partial charge in [0, 0.05) is 38.7 Å². The van der Waals surface area contributed by atoms with Gasteiger partial charge in [0.15, 0.2) is 5.65 Å². The normalized spacial score (nSPS) is 13.2. The summed E-state index contributed by atoms with van der Waals surface area (Å²) >= 11 is 1.69. The van der Waals surface area contributed by atoms with Crippen LogP contribution in [0.5, 0.6) is 0 Å². The molecule has 6 heteroatoms. The van der Waals surface area contributed by atoms with Crippen molar-refractivity contribution in [2.24, 2.45) is 5.92 Å². The van der Waals surface area contributed by atoms with Crippen LogP contribution in [-0.4, -0.2) is 15.9 Å². The molecule has 0 bridgehead atoms. The molecule has 2 aromatic heterocycles. The number of pyridine rings is 2.